The quantitative estimate of drug-likeness (QED) is 0.651. The summed E-state index contributed by atoms with van der Waals surface area (Å²) in [6.07, 6.45) is 0.622. The Morgan fingerprint density at radius 3 is 2.50 bits per heavy atom. The van der Waals surface area contributed by atoms with Crippen molar-refractivity contribution in [2.45, 2.75) is 24.0 Å². The average molecular weight is 309 g/mol. The first-order valence-corrected chi connectivity index (χ1v) is 8.51. The van der Waals surface area contributed by atoms with Crippen LogP contribution in [0.3, 0.4) is 0 Å². The molecule has 5 nitrogen and oxygen atoms in total. The van der Waals surface area contributed by atoms with Crippen molar-refractivity contribution in [3.8, 4) is 0 Å². The van der Waals surface area contributed by atoms with E-state index in [1.807, 2.05) is 6.92 Å². The van der Waals surface area contributed by atoms with E-state index < -0.39 is 9.84 Å². The Kier molecular flexibility index (Phi) is 4.20. The number of thiazole rings is 1. The van der Waals surface area contributed by atoms with Gasteiger partial charge in [0.1, 0.15) is 16.6 Å². The number of nitrogen functional groups attached to an aromatic ring is 1. The van der Waals surface area contributed by atoms with Crippen molar-refractivity contribution in [3.05, 3.63) is 45.9 Å². The van der Waals surface area contributed by atoms with E-state index in [0.29, 0.717) is 22.0 Å². The van der Waals surface area contributed by atoms with Gasteiger partial charge in [0.25, 0.3) is 0 Å². The Morgan fingerprint density at radius 2 is 2.00 bits per heavy atom. The van der Waals surface area contributed by atoms with Gasteiger partial charge in [0.15, 0.2) is 9.84 Å². The fraction of sp³-hybridized carbons (Fsp3) is 0.231. The molecule has 0 unspecified atom stereocenters. The number of sulfone groups is 1. The molecular weight excluding hydrogens is 294 g/mol. The summed E-state index contributed by atoms with van der Waals surface area (Å²) < 4.78 is 24.5. The van der Waals surface area contributed by atoms with Crippen molar-refractivity contribution >= 4 is 27.0 Å². The minimum atomic E-state index is -3.41. The Balaban J connectivity index is 2.33. The van der Waals surface area contributed by atoms with Crippen LogP contribution in [0.4, 0.5) is 0 Å². The molecule has 7 heteroatoms. The number of nitrogens with zero attached hydrogens (tertiary/aromatic N) is 1. The molecule has 1 aromatic carbocycles. The molecule has 0 aliphatic carbocycles. The molecule has 0 atom stereocenters. The smallest absolute Gasteiger partial charge is 0.184 e. The van der Waals surface area contributed by atoms with Crippen LogP contribution in [-0.4, -0.2) is 19.2 Å². The van der Waals surface area contributed by atoms with Crippen molar-refractivity contribution in [1.82, 2.24) is 4.98 Å². The highest BCUT2D eigenvalue weighted by Crippen LogP contribution is 2.23. The molecule has 0 saturated carbocycles. The summed E-state index contributed by atoms with van der Waals surface area (Å²) in [6.45, 7) is 1.90. The second-order valence-corrected chi connectivity index (χ2v) is 7.30. The lowest BCUT2D eigenvalue weighted by Crippen LogP contribution is -2.11. The van der Waals surface area contributed by atoms with Gasteiger partial charge in [-0.15, -0.1) is 11.3 Å². The number of hydrogen-bond acceptors (Lipinski definition) is 5. The number of nitrogens with two attached hydrogens (primary N) is 1. The second kappa shape index (κ2) is 5.72. The Bertz CT molecular complexity index is 721. The zero-order valence-electron chi connectivity index (χ0n) is 11.0. The number of aryl methyl sites for hydroxylation is 1. The van der Waals surface area contributed by atoms with Gasteiger partial charge >= 0.3 is 0 Å². The molecule has 0 radical (unpaired) electrons. The Labute approximate surface area is 121 Å². The van der Waals surface area contributed by atoms with Gasteiger partial charge in [0.2, 0.25) is 0 Å². The standard InChI is InChI=1S/C13H15N3O2S2/c1-2-10-12(13(14)15)19-11(16-10)8-20(17,18)9-6-4-3-5-7-9/h3-7H,2,8H2,1H3,(H3,14,15). The molecular formula is C13H15N3O2S2. The first kappa shape index (κ1) is 14.7. The Hall–Kier alpha value is -1.73. The van der Waals surface area contributed by atoms with E-state index in [4.69, 9.17) is 11.1 Å². The fourth-order valence-corrected chi connectivity index (χ4v) is 4.42. The third-order valence-electron chi connectivity index (χ3n) is 2.74. The van der Waals surface area contributed by atoms with Crippen LogP contribution in [0.5, 0.6) is 0 Å². The summed E-state index contributed by atoms with van der Waals surface area (Å²) in [7, 11) is -3.41. The van der Waals surface area contributed by atoms with Crippen LogP contribution < -0.4 is 5.73 Å². The van der Waals surface area contributed by atoms with Crippen molar-refractivity contribution in [2.24, 2.45) is 5.73 Å². The van der Waals surface area contributed by atoms with E-state index in [-0.39, 0.29) is 16.5 Å². The zero-order valence-corrected chi connectivity index (χ0v) is 12.6. The molecule has 0 spiro atoms. The predicted octanol–water partition coefficient (Wildman–Crippen LogP) is 1.96. The third-order valence-corrected chi connectivity index (χ3v) is 5.69. The van der Waals surface area contributed by atoms with Gasteiger partial charge in [-0.25, -0.2) is 13.4 Å². The average Bonchev–Trinajstić information content (AvgIpc) is 2.82. The largest absolute Gasteiger partial charge is 0.383 e. The maximum absolute atomic E-state index is 12.3. The van der Waals surface area contributed by atoms with Gasteiger partial charge in [0.05, 0.1) is 15.5 Å². The monoisotopic (exact) mass is 309 g/mol. The van der Waals surface area contributed by atoms with E-state index in [2.05, 4.69) is 4.98 Å². The first-order chi connectivity index (χ1) is 9.44. The lowest BCUT2D eigenvalue weighted by molar-refractivity contribution is 0.595. The van der Waals surface area contributed by atoms with E-state index in [0.717, 1.165) is 0 Å². The van der Waals surface area contributed by atoms with Gasteiger partial charge in [-0.2, -0.15) is 0 Å². The maximum Gasteiger partial charge on any atom is 0.184 e. The molecule has 0 saturated heterocycles. The van der Waals surface area contributed by atoms with Gasteiger partial charge < -0.3 is 5.73 Å². The highest BCUT2D eigenvalue weighted by molar-refractivity contribution is 7.90. The second-order valence-electron chi connectivity index (χ2n) is 4.22. The first-order valence-electron chi connectivity index (χ1n) is 6.05. The van der Waals surface area contributed by atoms with Crippen molar-refractivity contribution in [1.29, 1.82) is 5.41 Å². The predicted molar refractivity (Wildman–Crippen MR) is 79.8 cm³/mol. The van der Waals surface area contributed by atoms with Gasteiger partial charge in [-0.05, 0) is 18.6 Å². The van der Waals surface area contributed by atoms with Crippen LogP contribution in [0.1, 0.15) is 22.5 Å². The van der Waals surface area contributed by atoms with E-state index in [1.165, 1.54) is 11.3 Å². The number of benzene rings is 1. The van der Waals surface area contributed by atoms with Crippen LogP contribution >= 0.6 is 11.3 Å². The highest BCUT2D eigenvalue weighted by atomic mass is 32.2. The van der Waals surface area contributed by atoms with Crippen LogP contribution in [0.15, 0.2) is 35.2 Å². The summed E-state index contributed by atoms with van der Waals surface area (Å²) >= 11 is 1.17. The molecule has 3 N–H and O–H groups in total. The molecule has 1 heterocycles. The van der Waals surface area contributed by atoms with Crippen LogP contribution in [0.2, 0.25) is 0 Å². The SMILES string of the molecule is CCc1nc(CS(=O)(=O)c2ccccc2)sc1C(=N)N. The number of rotatable bonds is 5. The number of hydrogen-bond donors (Lipinski definition) is 2. The lowest BCUT2D eigenvalue weighted by atomic mass is 10.3. The van der Waals surface area contributed by atoms with Gasteiger partial charge in [-0.3, -0.25) is 5.41 Å². The summed E-state index contributed by atoms with van der Waals surface area (Å²) in [5, 5.41) is 7.96. The lowest BCUT2D eigenvalue weighted by Gasteiger charge is -2.01. The molecule has 0 bridgehead atoms. The van der Waals surface area contributed by atoms with Crippen LogP contribution in [-0.2, 0) is 22.0 Å². The molecule has 0 fully saturated rings. The van der Waals surface area contributed by atoms with Crippen molar-refractivity contribution in [3.63, 3.8) is 0 Å². The number of nitrogens with one attached hydrogen (secondary N) is 1. The molecule has 2 aromatic rings. The van der Waals surface area contributed by atoms with Crippen LogP contribution in [0, 0.1) is 5.41 Å². The normalized spacial score (nSPS) is 11.4. The highest BCUT2D eigenvalue weighted by Gasteiger charge is 2.20. The summed E-state index contributed by atoms with van der Waals surface area (Å²) in [5.41, 5.74) is 6.16. The van der Waals surface area contributed by atoms with Crippen molar-refractivity contribution < 1.29 is 8.42 Å². The maximum atomic E-state index is 12.3. The van der Waals surface area contributed by atoms with Gasteiger partial charge in [-0.1, -0.05) is 25.1 Å². The number of amidine groups is 1. The van der Waals surface area contributed by atoms with E-state index >= 15 is 0 Å². The topological polar surface area (TPSA) is 96.9 Å². The van der Waals surface area contributed by atoms with Gasteiger partial charge in [0, 0.05) is 0 Å². The molecule has 0 amide bonds. The van der Waals surface area contributed by atoms with Crippen molar-refractivity contribution in [2.75, 3.05) is 0 Å². The molecule has 1 aromatic heterocycles. The molecule has 106 valence electrons. The minimum absolute atomic E-state index is 0.0669. The summed E-state index contributed by atoms with van der Waals surface area (Å²) in [4.78, 5) is 5.12. The zero-order chi connectivity index (χ0) is 14.8. The van der Waals surface area contributed by atoms with E-state index in [1.54, 1.807) is 30.3 Å². The molecule has 20 heavy (non-hydrogen) atoms. The summed E-state index contributed by atoms with van der Waals surface area (Å²) in [6, 6.07) is 8.27. The molecule has 0 aliphatic heterocycles. The summed E-state index contributed by atoms with van der Waals surface area (Å²) in [5.74, 6) is -0.232. The Morgan fingerprint density at radius 1 is 1.35 bits per heavy atom. The minimum Gasteiger partial charge on any atom is -0.383 e. The number of aromatic nitrogens is 1. The molecule has 2 rings (SSSR count). The fourth-order valence-electron chi connectivity index (χ4n) is 1.79. The van der Waals surface area contributed by atoms with Crippen LogP contribution in [0.25, 0.3) is 0 Å². The van der Waals surface area contributed by atoms with E-state index in [9.17, 15) is 8.42 Å². The third kappa shape index (κ3) is 3.05. The molecule has 0 aliphatic rings.